The Kier molecular flexibility index (Phi) is 4.82. The van der Waals surface area contributed by atoms with Crippen molar-refractivity contribution in [3.8, 4) is 0 Å². The number of rotatable bonds is 4. The van der Waals surface area contributed by atoms with Gasteiger partial charge in [-0.15, -0.1) is 0 Å². The first-order valence-electron chi connectivity index (χ1n) is 7.44. The molecule has 1 nitrogen and oxygen atoms in total. The monoisotopic (exact) mass is 245 g/mol. The Bertz CT molecular complexity index is 344. The zero-order chi connectivity index (χ0) is 13.0. The van der Waals surface area contributed by atoms with E-state index >= 15 is 0 Å². The largest absolute Gasteiger partial charge is 0.310 e. The fourth-order valence-electron chi connectivity index (χ4n) is 3.28. The molecule has 1 heteroatoms. The summed E-state index contributed by atoms with van der Waals surface area (Å²) in [5.74, 6) is 2.53. The van der Waals surface area contributed by atoms with Crippen LogP contribution in [0, 0.1) is 17.8 Å². The topological polar surface area (TPSA) is 12.0 Å². The maximum Gasteiger partial charge on any atom is 0.0208 e. The van der Waals surface area contributed by atoms with Crippen molar-refractivity contribution in [2.75, 3.05) is 0 Å². The van der Waals surface area contributed by atoms with Gasteiger partial charge in [0.25, 0.3) is 0 Å². The van der Waals surface area contributed by atoms with Gasteiger partial charge in [0, 0.05) is 12.6 Å². The minimum absolute atomic E-state index is 0.703. The second kappa shape index (κ2) is 6.38. The van der Waals surface area contributed by atoms with E-state index in [0.29, 0.717) is 6.04 Å². The summed E-state index contributed by atoms with van der Waals surface area (Å²) in [6.07, 6.45) is 4.15. The van der Waals surface area contributed by atoms with E-state index in [9.17, 15) is 0 Å². The van der Waals surface area contributed by atoms with Crippen LogP contribution in [0.4, 0.5) is 0 Å². The fraction of sp³-hybridized carbons (Fsp3) is 0.647. The minimum Gasteiger partial charge on any atom is -0.310 e. The van der Waals surface area contributed by atoms with E-state index in [1.54, 1.807) is 0 Å². The van der Waals surface area contributed by atoms with Crippen LogP contribution in [0.2, 0.25) is 0 Å². The van der Waals surface area contributed by atoms with Crippen LogP contribution in [0.3, 0.4) is 0 Å². The van der Waals surface area contributed by atoms with E-state index in [1.807, 2.05) is 0 Å². The van der Waals surface area contributed by atoms with Crippen LogP contribution in [-0.2, 0) is 6.54 Å². The second-order valence-electron chi connectivity index (χ2n) is 6.30. The van der Waals surface area contributed by atoms with Gasteiger partial charge in [-0.25, -0.2) is 0 Å². The first-order valence-corrected chi connectivity index (χ1v) is 7.44. The maximum absolute atomic E-state index is 3.80. The molecule has 1 aromatic carbocycles. The maximum atomic E-state index is 3.80. The van der Waals surface area contributed by atoms with Crippen LogP contribution in [0.25, 0.3) is 0 Å². The van der Waals surface area contributed by atoms with E-state index in [4.69, 9.17) is 0 Å². The molecule has 1 aliphatic carbocycles. The summed E-state index contributed by atoms with van der Waals surface area (Å²) in [6.45, 7) is 8.16. The second-order valence-corrected chi connectivity index (χ2v) is 6.30. The predicted molar refractivity (Wildman–Crippen MR) is 78.4 cm³/mol. The highest BCUT2D eigenvalue weighted by molar-refractivity contribution is 5.14. The Hall–Kier alpha value is -0.820. The molecule has 0 amide bonds. The lowest BCUT2D eigenvalue weighted by atomic mass is 9.74. The van der Waals surface area contributed by atoms with E-state index < -0.39 is 0 Å². The Morgan fingerprint density at radius 3 is 2.56 bits per heavy atom. The van der Waals surface area contributed by atoms with E-state index in [-0.39, 0.29) is 0 Å². The van der Waals surface area contributed by atoms with Gasteiger partial charge in [0.15, 0.2) is 0 Å². The predicted octanol–water partition coefficient (Wildman–Crippen LogP) is 4.24. The van der Waals surface area contributed by atoms with Crippen molar-refractivity contribution in [2.24, 2.45) is 17.8 Å². The number of benzene rings is 1. The standard InChI is InChI=1S/C17H27N/c1-13(2)16-10-9-14(3)11-17(16)18-12-15-7-5-4-6-8-15/h4-8,13-14,16-18H,9-12H2,1-3H3/t14-,16-,17+/m0/s1. The van der Waals surface area contributed by atoms with Crippen LogP contribution in [0.15, 0.2) is 30.3 Å². The molecule has 2 rings (SSSR count). The van der Waals surface area contributed by atoms with Crippen LogP contribution in [0.1, 0.15) is 45.6 Å². The minimum atomic E-state index is 0.703. The van der Waals surface area contributed by atoms with Gasteiger partial charge in [0.1, 0.15) is 0 Å². The molecule has 0 bridgehead atoms. The van der Waals surface area contributed by atoms with E-state index in [2.05, 4.69) is 56.4 Å². The molecule has 0 saturated heterocycles. The normalized spacial score (nSPS) is 28.6. The molecule has 0 heterocycles. The lowest BCUT2D eigenvalue weighted by molar-refractivity contribution is 0.169. The third-order valence-corrected chi connectivity index (χ3v) is 4.43. The van der Waals surface area contributed by atoms with Gasteiger partial charge >= 0.3 is 0 Å². The van der Waals surface area contributed by atoms with Crippen molar-refractivity contribution in [3.05, 3.63) is 35.9 Å². The van der Waals surface area contributed by atoms with Crippen molar-refractivity contribution in [2.45, 2.75) is 52.6 Å². The molecule has 1 aromatic rings. The number of hydrogen-bond acceptors (Lipinski definition) is 1. The van der Waals surface area contributed by atoms with Crippen LogP contribution in [-0.4, -0.2) is 6.04 Å². The van der Waals surface area contributed by atoms with Gasteiger partial charge < -0.3 is 5.32 Å². The van der Waals surface area contributed by atoms with Crippen LogP contribution in [0.5, 0.6) is 0 Å². The van der Waals surface area contributed by atoms with Crippen molar-refractivity contribution < 1.29 is 0 Å². The summed E-state index contributed by atoms with van der Waals surface area (Å²) in [6, 6.07) is 11.5. The first kappa shape index (κ1) is 13.6. The highest BCUT2D eigenvalue weighted by Crippen LogP contribution is 2.33. The summed E-state index contributed by atoms with van der Waals surface area (Å²) < 4.78 is 0. The van der Waals surface area contributed by atoms with Gasteiger partial charge in [-0.2, -0.15) is 0 Å². The zero-order valence-corrected chi connectivity index (χ0v) is 12.0. The summed E-state index contributed by atoms with van der Waals surface area (Å²) in [5, 5.41) is 3.80. The lowest BCUT2D eigenvalue weighted by Crippen LogP contribution is -2.42. The van der Waals surface area contributed by atoms with Crippen molar-refractivity contribution in [1.82, 2.24) is 5.32 Å². The molecule has 3 atom stereocenters. The quantitative estimate of drug-likeness (QED) is 0.836. The Labute approximate surface area is 112 Å². The molecule has 0 unspecified atom stereocenters. The Morgan fingerprint density at radius 1 is 1.17 bits per heavy atom. The third kappa shape index (κ3) is 3.58. The van der Waals surface area contributed by atoms with Gasteiger partial charge in [0.05, 0.1) is 0 Å². The molecule has 0 aromatic heterocycles. The number of hydrogen-bond donors (Lipinski definition) is 1. The van der Waals surface area contributed by atoms with Crippen LogP contribution >= 0.6 is 0 Å². The highest BCUT2D eigenvalue weighted by Gasteiger charge is 2.29. The zero-order valence-electron chi connectivity index (χ0n) is 12.0. The van der Waals surface area contributed by atoms with Gasteiger partial charge in [-0.1, -0.05) is 57.5 Å². The molecular formula is C17H27N. The van der Waals surface area contributed by atoms with Crippen LogP contribution < -0.4 is 5.32 Å². The smallest absolute Gasteiger partial charge is 0.0208 e. The summed E-state index contributed by atoms with van der Waals surface area (Å²) >= 11 is 0. The van der Waals surface area contributed by atoms with Gasteiger partial charge in [-0.05, 0) is 36.2 Å². The molecule has 0 spiro atoms. The Balaban J connectivity index is 1.92. The molecule has 18 heavy (non-hydrogen) atoms. The van der Waals surface area contributed by atoms with Crippen molar-refractivity contribution in [3.63, 3.8) is 0 Å². The molecule has 100 valence electrons. The third-order valence-electron chi connectivity index (χ3n) is 4.43. The summed E-state index contributed by atoms with van der Waals surface area (Å²) in [7, 11) is 0. The van der Waals surface area contributed by atoms with Gasteiger partial charge in [0.2, 0.25) is 0 Å². The lowest BCUT2D eigenvalue weighted by Gasteiger charge is -2.38. The average Bonchev–Trinajstić information content (AvgIpc) is 2.37. The summed E-state index contributed by atoms with van der Waals surface area (Å²) in [5.41, 5.74) is 1.40. The SMILES string of the molecule is CC(C)[C@@H]1CC[C@H](C)C[C@H]1NCc1ccccc1. The summed E-state index contributed by atoms with van der Waals surface area (Å²) in [4.78, 5) is 0. The van der Waals surface area contributed by atoms with E-state index in [0.717, 1.165) is 24.3 Å². The van der Waals surface area contributed by atoms with E-state index in [1.165, 1.54) is 24.8 Å². The molecule has 0 aliphatic heterocycles. The van der Waals surface area contributed by atoms with Gasteiger partial charge in [-0.3, -0.25) is 0 Å². The molecule has 1 saturated carbocycles. The molecule has 0 radical (unpaired) electrons. The molecule has 1 fully saturated rings. The highest BCUT2D eigenvalue weighted by atomic mass is 14.9. The van der Waals surface area contributed by atoms with Crippen molar-refractivity contribution in [1.29, 1.82) is 0 Å². The fourth-order valence-corrected chi connectivity index (χ4v) is 3.28. The molecule has 1 aliphatic rings. The average molecular weight is 245 g/mol. The molecule has 1 N–H and O–H groups in total. The Morgan fingerprint density at radius 2 is 1.89 bits per heavy atom. The first-order chi connectivity index (χ1) is 8.66. The number of nitrogens with one attached hydrogen (secondary N) is 1. The molecular weight excluding hydrogens is 218 g/mol. The van der Waals surface area contributed by atoms with Crippen molar-refractivity contribution >= 4 is 0 Å².